The summed E-state index contributed by atoms with van der Waals surface area (Å²) in [6.45, 7) is 0. The molecule has 0 spiro atoms. The molecule has 0 heterocycles. The van der Waals surface area contributed by atoms with Crippen LogP contribution in [-0.4, -0.2) is 0 Å². The van der Waals surface area contributed by atoms with E-state index in [0.717, 1.165) is 6.07 Å². The Kier molecular flexibility index (Phi) is 9.89. The van der Waals surface area contributed by atoms with E-state index in [0.29, 0.717) is 12.1 Å². The SMILES string of the molecule is N#CC(=C1C(=C(/C#N)c2c(F)c(F)c(C(F)(F)F)c(F)c2F)/C1=C(/C#N)c1c(F)c(F)c(C(F)(F)F)c(F)c1F)c1cc(C(F)(F)F)cc(C(F)(F)F)c1. The Labute approximate surface area is 284 Å². The number of halogens is 20. The zero-order valence-electron chi connectivity index (χ0n) is 24.6. The first-order chi connectivity index (χ1) is 24.6. The highest BCUT2D eigenvalue weighted by Crippen LogP contribution is 2.58. The molecule has 0 amide bonds. The van der Waals surface area contributed by atoms with Gasteiger partial charge in [0.15, 0.2) is 46.5 Å². The third-order valence-corrected chi connectivity index (χ3v) is 7.24. The molecule has 0 unspecified atom stereocenters. The van der Waals surface area contributed by atoms with Gasteiger partial charge >= 0.3 is 24.7 Å². The number of nitriles is 3. The maximum absolute atomic E-state index is 15.1. The lowest BCUT2D eigenvalue weighted by molar-refractivity contribution is -0.144. The Morgan fingerprint density at radius 2 is 0.630 bits per heavy atom. The van der Waals surface area contributed by atoms with Crippen LogP contribution in [0.3, 0.4) is 0 Å². The Morgan fingerprint density at radius 3 is 0.852 bits per heavy atom. The van der Waals surface area contributed by atoms with Crippen LogP contribution >= 0.6 is 0 Å². The van der Waals surface area contributed by atoms with Crippen molar-refractivity contribution < 1.29 is 87.8 Å². The highest BCUT2D eigenvalue weighted by Gasteiger charge is 2.49. The normalized spacial score (nSPS) is 16.4. The fourth-order valence-electron chi connectivity index (χ4n) is 4.98. The quantitative estimate of drug-likeness (QED) is 0.151. The standard InChI is InChI=1S/C31H3F20N3/c32-20-16(21(33)25(37)18(24(20)36)30(46,47)48)11(5-53)14-13(10(4-52)7-1-8(28(40,41)42)3-9(2-7)29(43,44)45)15(14)12(6-54)17-22(34)26(38)19(31(49,50)51)27(39)23(17)35/h1-3H/b13-10?,14-11-,15-12+. The topological polar surface area (TPSA) is 71.4 Å². The lowest BCUT2D eigenvalue weighted by Crippen LogP contribution is -2.17. The van der Waals surface area contributed by atoms with E-state index in [1.165, 1.54) is 0 Å². The smallest absolute Gasteiger partial charge is 0.203 e. The summed E-state index contributed by atoms with van der Waals surface area (Å²) in [5, 5.41) is 29.3. The van der Waals surface area contributed by atoms with Gasteiger partial charge in [0.1, 0.15) is 29.3 Å². The minimum atomic E-state index is -6.22. The number of hydrogen-bond donors (Lipinski definition) is 0. The van der Waals surface area contributed by atoms with E-state index in [1.807, 2.05) is 0 Å². The van der Waals surface area contributed by atoms with Crippen LogP contribution in [0.25, 0.3) is 16.7 Å². The van der Waals surface area contributed by atoms with Crippen LogP contribution < -0.4 is 0 Å². The van der Waals surface area contributed by atoms with Gasteiger partial charge in [0.05, 0.1) is 39.0 Å². The minimum absolute atomic E-state index is 0.274. The van der Waals surface area contributed by atoms with Gasteiger partial charge in [-0.3, -0.25) is 0 Å². The van der Waals surface area contributed by atoms with Gasteiger partial charge in [0.25, 0.3) is 0 Å². The molecule has 1 aliphatic carbocycles. The molecule has 0 radical (unpaired) electrons. The molecule has 0 saturated heterocycles. The monoisotopic (exact) mass is 797 g/mol. The van der Waals surface area contributed by atoms with Crippen molar-refractivity contribution in [1.29, 1.82) is 15.8 Å². The summed E-state index contributed by atoms with van der Waals surface area (Å²) < 4.78 is 279. The molecule has 0 aromatic heterocycles. The highest BCUT2D eigenvalue weighted by molar-refractivity contribution is 6.12. The van der Waals surface area contributed by atoms with Crippen molar-refractivity contribution in [2.24, 2.45) is 0 Å². The third kappa shape index (κ3) is 6.67. The van der Waals surface area contributed by atoms with Gasteiger partial charge in [0.2, 0.25) is 0 Å². The summed E-state index contributed by atoms with van der Waals surface area (Å²) in [7, 11) is 0. The molecule has 1 aliphatic rings. The average Bonchev–Trinajstić information content (AvgIpc) is 3.75. The summed E-state index contributed by atoms with van der Waals surface area (Å²) in [5.74, 6) is -25.7. The zero-order valence-corrected chi connectivity index (χ0v) is 24.6. The number of nitrogens with zero attached hydrogens (tertiary/aromatic N) is 3. The van der Waals surface area contributed by atoms with Gasteiger partial charge in [-0.15, -0.1) is 0 Å². The Hall–Kier alpha value is -6.05. The first kappa shape index (κ1) is 40.7. The summed E-state index contributed by atoms with van der Waals surface area (Å²) in [6, 6.07) is 1.22. The van der Waals surface area contributed by atoms with Crippen LogP contribution in [0.5, 0.6) is 0 Å². The van der Waals surface area contributed by atoms with Crippen LogP contribution in [0.4, 0.5) is 87.8 Å². The first-order valence-corrected chi connectivity index (χ1v) is 13.2. The number of benzene rings is 3. The molecule has 1 fully saturated rings. The van der Waals surface area contributed by atoms with Gasteiger partial charge in [0, 0.05) is 16.7 Å². The zero-order chi connectivity index (χ0) is 41.4. The van der Waals surface area contributed by atoms with Crippen LogP contribution in [0, 0.1) is 80.5 Å². The first-order valence-electron chi connectivity index (χ1n) is 13.2. The molecule has 3 aromatic carbocycles. The Bertz CT molecular complexity index is 2170. The molecular formula is C31H3F20N3. The van der Waals surface area contributed by atoms with E-state index in [-0.39, 0.29) is 12.1 Å². The molecular weight excluding hydrogens is 794 g/mol. The van der Waals surface area contributed by atoms with Crippen molar-refractivity contribution >= 4 is 16.7 Å². The molecule has 0 N–H and O–H groups in total. The lowest BCUT2D eigenvalue weighted by atomic mass is 9.97. The number of allylic oxidation sites excluding steroid dienone is 6. The van der Waals surface area contributed by atoms with E-state index < -0.39 is 150 Å². The van der Waals surface area contributed by atoms with Crippen LogP contribution in [0.1, 0.15) is 38.9 Å². The summed E-state index contributed by atoms with van der Waals surface area (Å²) in [6.07, 6.45) is -23.9. The van der Waals surface area contributed by atoms with E-state index in [9.17, 15) is 86.0 Å². The largest absolute Gasteiger partial charge is 0.422 e. The second-order valence-electron chi connectivity index (χ2n) is 10.4. The van der Waals surface area contributed by atoms with Gasteiger partial charge in [-0.2, -0.15) is 68.5 Å². The van der Waals surface area contributed by atoms with Gasteiger partial charge in [-0.05, 0) is 23.8 Å². The predicted octanol–water partition coefficient (Wildman–Crippen LogP) is 11.1. The van der Waals surface area contributed by atoms with E-state index >= 15 is 17.6 Å². The Balaban J connectivity index is 2.35. The van der Waals surface area contributed by atoms with Crippen LogP contribution in [0.15, 0.2) is 34.9 Å². The lowest BCUT2D eigenvalue weighted by Gasteiger charge is -2.14. The minimum Gasteiger partial charge on any atom is -0.203 e. The molecule has 1 saturated carbocycles. The van der Waals surface area contributed by atoms with Crippen molar-refractivity contribution in [3.8, 4) is 18.2 Å². The fourth-order valence-corrected chi connectivity index (χ4v) is 4.98. The molecule has 3 nitrogen and oxygen atoms in total. The van der Waals surface area contributed by atoms with Gasteiger partial charge in [-0.25, -0.2) is 35.1 Å². The van der Waals surface area contributed by atoms with Crippen molar-refractivity contribution in [2.75, 3.05) is 0 Å². The van der Waals surface area contributed by atoms with E-state index in [4.69, 9.17) is 0 Å². The van der Waals surface area contributed by atoms with Gasteiger partial charge < -0.3 is 0 Å². The van der Waals surface area contributed by atoms with Crippen LogP contribution in [-0.2, 0) is 24.7 Å². The second kappa shape index (κ2) is 13.1. The number of rotatable bonds is 3. The second-order valence-corrected chi connectivity index (χ2v) is 10.4. The summed E-state index contributed by atoms with van der Waals surface area (Å²) >= 11 is 0. The molecule has 0 bridgehead atoms. The maximum atomic E-state index is 15.1. The molecule has 0 aliphatic heterocycles. The predicted molar refractivity (Wildman–Crippen MR) is 137 cm³/mol. The number of hydrogen-bond acceptors (Lipinski definition) is 3. The fraction of sp³-hybridized carbons (Fsp3) is 0.129. The third-order valence-electron chi connectivity index (χ3n) is 7.24. The number of alkyl halides is 12. The summed E-state index contributed by atoms with van der Waals surface area (Å²) in [4.78, 5) is 0. The maximum Gasteiger partial charge on any atom is 0.422 e. The molecule has 0 atom stereocenters. The van der Waals surface area contributed by atoms with Crippen LogP contribution in [0.2, 0.25) is 0 Å². The summed E-state index contributed by atoms with van der Waals surface area (Å²) in [5.41, 5.74) is -28.7. The Morgan fingerprint density at radius 1 is 0.370 bits per heavy atom. The molecule has 282 valence electrons. The molecule has 3 aromatic rings. The van der Waals surface area contributed by atoms with Crippen molar-refractivity contribution in [3.05, 3.63) is 120 Å². The van der Waals surface area contributed by atoms with E-state index in [2.05, 4.69) is 0 Å². The van der Waals surface area contributed by atoms with Gasteiger partial charge in [-0.1, -0.05) is 0 Å². The highest BCUT2D eigenvalue weighted by atomic mass is 19.4. The van der Waals surface area contributed by atoms with E-state index in [1.54, 1.807) is 0 Å². The van der Waals surface area contributed by atoms with Crippen molar-refractivity contribution in [1.82, 2.24) is 0 Å². The molecule has 23 heteroatoms. The average molecular weight is 797 g/mol. The van der Waals surface area contributed by atoms with Crippen molar-refractivity contribution in [3.63, 3.8) is 0 Å². The van der Waals surface area contributed by atoms with Crippen molar-refractivity contribution in [2.45, 2.75) is 24.7 Å². The molecule has 54 heavy (non-hydrogen) atoms. The molecule has 4 rings (SSSR count).